The Morgan fingerprint density at radius 1 is 0.341 bits per heavy atom. The van der Waals surface area contributed by atoms with E-state index >= 15 is 16.8 Å². The summed E-state index contributed by atoms with van der Waals surface area (Å²) in [5.74, 6) is 3.31. The highest BCUT2D eigenvalue weighted by atomic mass is 32.2. The van der Waals surface area contributed by atoms with E-state index in [9.17, 15) is 25.8 Å². The Balaban J connectivity index is 0.953. The molecule has 4 aliphatic rings. The minimum atomic E-state index is -5.39. The van der Waals surface area contributed by atoms with Crippen LogP contribution in [0.15, 0.2) is 331 Å². The van der Waals surface area contributed by atoms with Gasteiger partial charge in [-0.2, -0.15) is 0 Å². The Morgan fingerprint density at radius 3 is 1.19 bits per heavy atom. The molecule has 0 radical (unpaired) electrons. The first-order valence-corrected chi connectivity index (χ1v) is 56.8. The highest BCUT2D eigenvalue weighted by molar-refractivity contribution is 7.93. The summed E-state index contributed by atoms with van der Waals surface area (Å²) in [6, 6.07) is 87.2. The topological polar surface area (TPSA) is 343 Å². The first-order chi connectivity index (χ1) is 65.6. The lowest BCUT2D eigenvalue weighted by atomic mass is 10.1. The summed E-state index contributed by atoms with van der Waals surface area (Å²) in [4.78, 5) is 34.3. The summed E-state index contributed by atoms with van der Waals surface area (Å²) >= 11 is -6.08. The molecule has 18 rings (SSSR count). The fourth-order valence-corrected chi connectivity index (χ4v) is 39.4. The van der Waals surface area contributed by atoms with Crippen molar-refractivity contribution in [2.75, 3.05) is 42.1 Å². The van der Waals surface area contributed by atoms with E-state index in [2.05, 4.69) is 61.6 Å². The van der Waals surface area contributed by atoms with Gasteiger partial charge in [0, 0.05) is 67.3 Å². The number of nitrogens with one attached hydrogen (secondary N) is 4. The van der Waals surface area contributed by atoms with Crippen LogP contribution < -0.4 is 58.6 Å². The maximum absolute atomic E-state index is 16.0. The third-order valence-corrected chi connectivity index (χ3v) is 44.0. The standard InChI is InChI=1S/C100H100N14O14S4Si3/c1-7-53-133(54-8-2,55-9-3)127-135(128-134(56-10-4,57-11-5)58-12-6)113-97-87-50-46-76(112(130(117)118)74-34-28-44-82(62-74)126-80-41-23-16-24-42-80)64-91(87)99(113)105-94-86-51-47-83(131(119,120)109-71-31-25-29-69(59-71)101-67-123-77-35-17-13-18-36-77)65-90(86)96(104-94)108-98-88-52-48-84(132(121,122)110-72-32-26-30-70(60-72)102-68-124-78-37-19-14-20-38-78)66-92(88)100(114(98)135)106-93-85-49-45-75(63-89(85)95(103-93)107-97)111(129(115)116)73-33-27-43-81(61-73)125-79-39-21-15-22-40-79/h13-52,59-66,101-102,109-110H,7-12,53-58,67-68H2,1-6H3,(H,115,116)(H,117,118)/p-2. The van der Waals surface area contributed by atoms with Crippen LogP contribution in [0.25, 0.3) is 21.5 Å². The second-order valence-electron chi connectivity index (χ2n) is 33.2. The molecule has 6 bridgehead atoms. The van der Waals surface area contributed by atoms with Crippen molar-refractivity contribution in [3.8, 4) is 34.5 Å². The molecule has 690 valence electrons. The van der Waals surface area contributed by atoms with Crippen LogP contribution in [0.2, 0.25) is 36.3 Å². The van der Waals surface area contributed by atoms with Gasteiger partial charge in [-0.1, -0.05) is 177 Å². The number of amidine groups is 4. The number of aliphatic imine (C=N–C) groups is 4. The molecule has 0 saturated heterocycles. The van der Waals surface area contributed by atoms with E-state index in [-0.39, 0.29) is 114 Å². The highest BCUT2D eigenvalue weighted by Crippen LogP contribution is 2.50. The van der Waals surface area contributed by atoms with E-state index in [1.807, 2.05) is 106 Å². The quantitative estimate of drug-likeness (QED) is 0.0157. The summed E-state index contributed by atoms with van der Waals surface area (Å²) in [5.41, 5.74) is 3.80. The largest absolute Gasteiger partial charge is 0.755 e. The number of ether oxygens (including phenoxy) is 4. The predicted octanol–water partition coefficient (Wildman–Crippen LogP) is 21.7. The number of hydrogen-bond acceptors (Lipinski definition) is 22. The highest BCUT2D eigenvalue weighted by Gasteiger charge is 2.61. The van der Waals surface area contributed by atoms with Crippen LogP contribution in [0, 0.1) is 0 Å². The lowest BCUT2D eigenvalue weighted by molar-refractivity contribution is 0.321. The minimum Gasteiger partial charge on any atom is -0.755 e. The van der Waals surface area contributed by atoms with Gasteiger partial charge in [0.05, 0.1) is 66.4 Å². The smallest absolute Gasteiger partial charge is 0.582 e. The average molecular weight is 1930 g/mol. The third-order valence-electron chi connectivity index (χ3n) is 23.7. The summed E-state index contributed by atoms with van der Waals surface area (Å²) in [6.45, 7) is 13.1. The van der Waals surface area contributed by atoms with Crippen LogP contribution in [-0.2, 0) is 50.8 Å². The number of anilines is 8. The Morgan fingerprint density at radius 2 is 0.711 bits per heavy atom. The second kappa shape index (κ2) is 39.7. The van der Waals surface area contributed by atoms with E-state index < -0.39 is 68.1 Å². The monoisotopic (exact) mass is 1930 g/mol. The molecule has 2 unspecified atom stereocenters. The lowest BCUT2D eigenvalue weighted by Crippen LogP contribution is -2.71. The van der Waals surface area contributed by atoms with Gasteiger partial charge in [0.25, 0.3) is 20.0 Å². The van der Waals surface area contributed by atoms with Gasteiger partial charge in [0.2, 0.25) is 0 Å². The van der Waals surface area contributed by atoms with Crippen LogP contribution >= 0.6 is 0 Å². The van der Waals surface area contributed by atoms with Gasteiger partial charge in [-0.25, -0.2) is 46.8 Å². The predicted molar refractivity (Wildman–Crippen MR) is 539 cm³/mol. The lowest BCUT2D eigenvalue weighted by Gasteiger charge is -2.47. The van der Waals surface area contributed by atoms with Crippen molar-refractivity contribution < 1.29 is 61.5 Å². The van der Waals surface area contributed by atoms with E-state index in [1.165, 1.54) is 18.2 Å². The van der Waals surface area contributed by atoms with Gasteiger partial charge in [-0.05, 0) is 218 Å². The molecule has 0 saturated carbocycles. The van der Waals surface area contributed by atoms with Crippen molar-refractivity contribution in [2.45, 2.75) is 126 Å². The van der Waals surface area contributed by atoms with Gasteiger partial charge < -0.3 is 46.9 Å². The molecular formula is C100H98N14O14S4Si3-2. The molecule has 35 heteroatoms. The molecule has 0 fully saturated rings. The van der Waals surface area contributed by atoms with E-state index in [4.69, 9.17) is 48.9 Å². The van der Waals surface area contributed by atoms with Crippen LogP contribution in [-0.4, -0.2) is 105 Å². The summed E-state index contributed by atoms with van der Waals surface area (Å²) < 4.78 is 176. The third kappa shape index (κ3) is 19.3. The van der Waals surface area contributed by atoms with Crippen LogP contribution in [0.3, 0.4) is 0 Å². The van der Waals surface area contributed by atoms with Gasteiger partial charge in [0.15, 0.2) is 53.4 Å². The number of para-hydroxylation sites is 4. The maximum Gasteiger partial charge on any atom is 0.582 e. The van der Waals surface area contributed by atoms with Crippen LogP contribution in [0.1, 0.15) is 102 Å². The summed E-state index contributed by atoms with van der Waals surface area (Å²) in [7, 11) is -21.5. The fourth-order valence-electron chi connectivity index (χ4n) is 18.2. The Bertz CT molecular complexity index is 7350. The summed E-state index contributed by atoms with van der Waals surface area (Å²) in [6.07, 6.45) is 4.07. The van der Waals surface area contributed by atoms with Gasteiger partial charge >= 0.3 is 8.88 Å². The Kier molecular flexibility index (Phi) is 27.1. The number of nitrogens with zero attached hydrogens (tertiary/aromatic N) is 10. The van der Waals surface area contributed by atoms with Crippen LogP contribution in [0.4, 0.5) is 57.1 Å². The van der Waals surface area contributed by atoms with E-state index in [1.54, 1.807) is 176 Å². The van der Waals surface area contributed by atoms with Crippen molar-refractivity contribution in [3.05, 3.63) is 324 Å². The number of hydrogen-bond donors (Lipinski definition) is 4. The SMILES string of the molecule is CCC[Si](CCC)(CCC)O[Si]1(O[Si](CCC)(CCC)CCC)n2c3c4cc(S(=O)(=O)Nc5cccc(NCOc6ccccc6)c5)ccc4c2N=C2N=C(N=c4c5cc(N(c6cccc(Oc7ccccc7)c6)S(=O)[O-])ccc5c(n41)=NC1=NC(=N3)c3ccc(N(c4cccc(Oc5ccccc5)c4)S(=O)[O-])cc31)c1ccc(S(=O)(=O)Nc3cccc(NCOc4ccccc4)c3)cc12. The van der Waals surface area contributed by atoms with Crippen molar-refractivity contribution in [1.29, 1.82) is 0 Å². The minimum absolute atomic E-state index is 0.0170. The maximum atomic E-state index is 16.0. The van der Waals surface area contributed by atoms with E-state index in [0.717, 1.165) is 8.61 Å². The molecule has 4 N–H and O–H groups in total. The molecule has 28 nitrogen and oxygen atoms in total. The normalized spacial score (nSPS) is 14.0. The van der Waals surface area contributed by atoms with Gasteiger partial charge in [-0.15, -0.1) is 0 Å². The molecule has 4 aliphatic heterocycles. The molecular weight excluding hydrogens is 1830 g/mol. The fraction of sp³-hybridized carbons (Fsp3) is 0.200. The molecule has 2 atom stereocenters. The number of sulfonamides is 2. The van der Waals surface area contributed by atoms with Crippen molar-refractivity contribution in [1.82, 2.24) is 8.47 Å². The first kappa shape index (κ1) is 92.2. The number of benzene rings is 12. The zero-order valence-electron chi connectivity index (χ0n) is 74.9. The summed E-state index contributed by atoms with van der Waals surface area (Å²) in [5, 5.41) is 7.70. The van der Waals surface area contributed by atoms with Gasteiger partial charge in [0.1, 0.15) is 57.1 Å². The van der Waals surface area contributed by atoms with Crippen molar-refractivity contribution in [2.24, 2.45) is 30.0 Å². The molecule has 6 heterocycles. The molecule has 0 amide bonds. The second-order valence-corrected chi connectivity index (χ2v) is 49.5. The Labute approximate surface area is 791 Å². The van der Waals surface area contributed by atoms with Crippen LogP contribution in [0.5, 0.6) is 34.5 Å². The van der Waals surface area contributed by atoms with E-state index in [0.29, 0.717) is 154 Å². The Hall–Kier alpha value is -13.3. The van der Waals surface area contributed by atoms with Crippen molar-refractivity contribution >= 4 is 170 Å². The first-order valence-electron chi connectivity index (χ1n) is 45.0. The average Bonchev–Trinajstić information content (AvgIpc) is 1.52. The number of aromatic nitrogens is 2. The molecule has 2 aromatic heterocycles. The number of fused-ring (bicyclic) bond motifs is 14. The molecule has 0 spiro atoms. The molecule has 14 aromatic rings. The molecule has 0 aliphatic carbocycles. The zero-order valence-corrected chi connectivity index (χ0v) is 81.2. The number of rotatable bonds is 40. The van der Waals surface area contributed by atoms with Crippen molar-refractivity contribution in [3.63, 3.8) is 0 Å². The molecule has 12 aromatic carbocycles. The zero-order chi connectivity index (χ0) is 93.6. The van der Waals surface area contributed by atoms with Gasteiger partial charge in [-0.3, -0.25) is 34.9 Å². The molecule has 135 heavy (non-hydrogen) atoms.